The molecule has 0 N–H and O–H groups in total. The maximum absolute atomic E-state index is 14.6. The van der Waals surface area contributed by atoms with Crippen LogP contribution in [0.1, 0.15) is 25.3 Å². The molecule has 4 rings (SSSR count). The quantitative estimate of drug-likeness (QED) is 0.741. The summed E-state index contributed by atoms with van der Waals surface area (Å²) >= 11 is 8.93. The molecule has 0 aliphatic carbocycles. The summed E-state index contributed by atoms with van der Waals surface area (Å²) in [6.45, 7) is 4.26. The SMILES string of the molecule is CCN1SCc2c(N=c3sc(=O)n4n3CCCC4)c(F)cc(Cl)c21. The molecule has 2 aliphatic heterocycles. The standard InChI is InChI=1S/C15H16ClFN4OS2/c1-2-21-13-9(8-23-21)12(11(17)7-10(13)16)18-14-19-5-3-4-6-20(19)15(22)24-14/h7H,2-6,8H2,1H3. The fourth-order valence-electron chi connectivity index (χ4n) is 3.15. The van der Waals surface area contributed by atoms with Crippen LogP contribution < -0.4 is 14.0 Å². The van der Waals surface area contributed by atoms with Crippen LogP contribution in [0.4, 0.5) is 15.8 Å². The molecule has 0 fully saturated rings. The van der Waals surface area contributed by atoms with Crippen LogP contribution >= 0.6 is 34.9 Å². The Labute approximate surface area is 151 Å². The molecule has 0 saturated carbocycles. The summed E-state index contributed by atoms with van der Waals surface area (Å²) in [7, 11) is 0. The molecule has 0 atom stereocenters. The van der Waals surface area contributed by atoms with Crippen molar-refractivity contribution in [3.05, 3.63) is 36.9 Å². The third-order valence-corrected chi connectivity index (χ3v) is 6.61. The van der Waals surface area contributed by atoms with Gasteiger partial charge in [0, 0.05) is 31.0 Å². The molecule has 2 aliphatic rings. The largest absolute Gasteiger partial charge is 0.325 e. The number of aromatic nitrogens is 2. The van der Waals surface area contributed by atoms with E-state index >= 15 is 0 Å². The third-order valence-electron chi connectivity index (χ3n) is 4.28. The average molecular weight is 387 g/mol. The van der Waals surface area contributed by atoms with E-state index in [1.807, 2.05) is 11.6 Å². The molecule has 5 nitrogen and oxygen atoms in total. The normalized spacial score (nSPS) is 17.3. The first-order valence-corrected chi connectivity index (χ1v) is 10.0. The Hall–Kier alpha value is -1.25. The molecule has 0 bridgehead atoms. The molecule has 9 heteroatoms. The lowest BCUT2D eigenvalue weighted by atomic mass is 10.1. The molecular weight excluding hydrogens is 371 g/mol. The zero-order valence-corrected chi connectivity index (χ0v) is 15.5. The molecule has 0 spiro atoms. The third kappa shape index (κ3) is 2.51. The Balaban J connectivity index is 1.93. The van der Waals surface area contributed by atoms with E-state index in [0.717, 1.165) is 48.5 Å². The minimum atomic E-state index is -0.437. The van der Waals surface area contributed by atoms with E-state index in [9.17, 15) is 9.18 Å². The Morgan fingerprint density at radius 3 is 2.83 bits per heavy atom. The van der Waals surface area contributed by atoms with Crippen LogP contribution in [0.3, 0.4) is 0 Å². The van der Waals surface area contributed by atoms with Crippen LogP contribution in [0.2, 0.25) is 5.02 Å². The maximum atomic E-state index is 14.6. The summed E-state index contributed by atoms with van der Waals surface area (Å²) in [4.78, 5) is 17.2. The summed E-state index contributed by atoms with van der Waals surface area (Å²) < 4.78 is 20.2. The molecule has 0 unspecified atom stereocenters. The van der Waals surface area contributed by atoms with E-state index in [1.165, 1.54) is 6.07 Å². The van der Waals surface area contributed by atoms with Gasteiger partial charge in [0.25, 0.3) is 0 Å². The number of anilines is 1. The smallest absolute Gasteiger partial charge is 0.314 e. The van der Waals surface area contributed by atoms with E-state index in [2.05, 4.69) is 9.30 Å². The lowest BCUT2D eigenvalue weighted by Crippen LogP contribution is -2.31. The molecule has 24 heavy (non-hydrogen) atoms. The van der Waals surface area contributed by atoms with Gasteiger partial charge in [-0.3, -0.25) is 9.48 Å². The van der Waals surface area contributed by atoms with Crippen molar-refractivity contribution in [2.75, 3.05) is 10.8 Å². The highest BCUT2D eigenvalue weighted by atomic mass is 35.5. The predicted molar refractivity (Wildman–Crippen MR) is 96.8 cm³/mol. The Morgan fingerprint density at radius 2 is 2.08 bits per heavy atom. The molecule has 2 aromatic rings. The summed E-state index contributed by atoms with van der Waals surface area (Å²) in [6.07, 6.45) is 1.99. The van der Waals surface area contributed by atoms with Gasteiger partial charge in [-0.1, -0.05) is 11.6 Å². The van der Waals surface area contributed by atoms with E-state index in [1.54, 1.807) is 16.6 Å². The van der Waals surface area contributed by atoms with Gasteiger partial charge in [-0.15, -0.1) is 0 Å². The molecule has 1 aromatic heterocycles. The fourth-order valence-corrected chi connectivity index (χ4v) is 5.47. The second-order valence-electron chi connectivity index (χ2n) is 5.70. The van der Waals surface area contributed by atoms with Crippen molar-refractivity contribution < 1.29 is 4.39 Å². The zero-order chi connectivity index (χ0) is 16.8. The van der Waals surface area contributed by atoms with Gasteiger partial charge >= 0.3 is 4.87 Å². The minimum absolute atomic E-state index is 0.0379. The van der Waals surface area contributed by atoms with Gasteiger partial charge in [-0.25, -0.2) is 14.1 Å². The van der Waals surface area contributed by atoms with Crippen molar-refractivity contribution in [2.24, 2.45) is 4.99 Å². The van der Waals surface area contributed by atoms with Crippen LogP contribution in [0.15, 0.2) is 15.9 Å². The maximum Gasteiger partial charge on any atom is 0.325 e. The van der Waals surface area contributed by atoms with E-state index < -0.39 is 5.82 Å². The molecule has 1 aromatic carbocycles. The lowest BCUT2D eigenvalue weighted by Gasteiger charge is -2.17. The first-order valence-electron chi connectivity index (χ1n) is 7.87. The predicted octanol–water partition coefficient (Wildman–Crippen LogP) is 3.52. The second-order valence-corrected chi connectivity index (χ2v) is 8.01. The van der Waals surface area contributed by atoms with Gasteiger partial charge in [0.2, 0.25) is 4.80 Å². The highest BCUT2D eigenvalue weighted by molar-refractivity contribution is 8.00. The Kier molecular flexibility index (Phi) is 4.22. The van der Waals surface area contributed by atoms with Crippen molar-refractivity contribution in [1.82, 2.24) is 9.36 Å². The number of hydrogen-bond donors (Lipinski definition) is 0. The van der Waals surface area contributed by atoms with E-state index in [0.29, 0.717) is 27.8 Å². The summed E-state index contributed by atoms with van der Waals surface area (Å²) in [6, 6.07) is 1.32. The van der Waals surface area contributed by atoms with Crippen LogP contribution in [-0.2, 0) is 18.8 Å². The minimum Gasteiger partial charge on any atom is -0.314 e. The van der Waals surface area contributed by atoms with E-state index in [4.69, 9.17) is 11.6 Å². The molecule has 0 saturated heterocycles. The van der Waals surface area contributed by atoms with Crippen LogP contribution in [0.25, 0.3) is 0 Å². The number of nitrogens with zero attached hydrogens (tertiary/aromatic N) is 4. The average Bonchev–Trinajstić information content (AvgIpc) is 3.14. The number of halogens is 2. The molecule has 128 valence electrons. The van der Waals surface area contributed by atoms with Crippen molar-refractivity contribution in [3.63, 3.8) is 0 Å². The van der Waals surface area contributed by atoms with Crippen LogP contribution in [0.5, 0.6) is 0 Å². The van der Waals surface area contributed by atoms with Gasteiger partial charge in [0.05, 0.1) is 10.7 Å². The monoisotopic (exact) mass is 386 g/mol. The Bertz CT molecular complexity index is 933. The van der Waals surface area contributed by atoms with Gasteiger partial charge in [0.15, 0.2) is 5.82 Å². The number of hydrogen-bond acceptors (Lipinski definition) is 5. The summed E-state index contributed by atoms with van der Waals surface area (Å²) in [5.74, 6) is 0.197. The van der Waals surface area contributed by atoms with Crippen LogP contribution in [-0.4, -0.2) is 15.9 Å². The summed E-state index contributed by atoms with van der Waals surface area (Å²) in [5, 5.41) is 0.410. The molecule has 0 radical (unpaired) electrons. The van der Waals surface area contributed by atoms with Gasteiger partial charge < -0.3 is 4.31 Å². The topological polar surface area (TPSA) is 42.5 Å². The van der Waals surface area contributed by atoms with Crippen molar-refractivity contribution >= 4 is 46.3 Å². The molecular formula is C15H16ClFN4OS2. The van der Waals surface area contributed by atoms with Crippen molar-refractivity contribution in [3.8, 4) is 0 Å². The first kappa shape index (κ1) is 16.2. The number of rotatable bonds is 2. The lowest BCUT2D eigenvalue weighted by molar-refractivity contribution is 0.345. The number of benzene rings is 1. The highest BCUT2D eigenvalue weighted by Gasteiger charge is 2.27. The van der Waals surface area contributed by atoms with Crippen molar-refractivity contribution in [2.45, 2.75) is 38.6 Å². The highest BCUT2D eigenvalue weighted by Crippen LogP contribution is 2.47. The van der Waals surface area contributed by atoms with Gasteiger partial charge in [-0.05, 0) is 49.1 Å². The molecule has 0 amide bonds. The summed E-state index contributed by atoms with van der Waals surface area (Å²) in [5.41, 5.74) is 1.96. The van der Waals surface area contributed by atoms with Gasteiger partial charge in [-0.2, -0.15) is 0 Å². The first-order chi connectivity index (χ1) is 11.6. The number of fused-ring (bicyclic) bond motifs is 2. The van der Waals surface area contributed by atoms with Gasteiger partial charge in [0.1, 0.15) is 5.69 Å². The van der Waals surface area contributed by atoms with E-state index in [-0.39, 0.29) is 4.87 Å². The Morgan fingerprint density at radius 1 is 1.33 bits per heavy atom. The second kappa shape index (κ2) is 6.24. The van der Waals surface area contributed by atoms with Crippen LogP contribution in [0, 0.1) is 5.82 Å². The van der Waals surface area contributed by atoms with Crippen molar-refractivity contribution in [1.29, 1.82) is 0 Å². The molecule has 3 heterocycles. The fraction of sp³-hybridized carbons (Fsp3) is 0.467. The zero-order valence-electron chi connectivity index (χ0n) is 13.1.